The Labute approximate surface area is 235 Å². The van der Waals surface area contributed by atoms with E-state index in [1.807, 2.05) is 39.9 Å². The molecule has 4 rings (SSSR count). The number of nitrogens with zero attached hydrogens (tertiary/aromatic N) is 2. The van der Waals surface area contributed by atoms with Crippen molar-refractivity contribution in [1.29, 1.82) is 5.26 Å². The second-order valence-electron chi connectivity index (χ2n) is 8.14. The Morgan fingerprint density at radius 1 is 1.15 bits per heavy atom. The van der Waals surface area contributed by atoms with Crippen LogP contribution in [-0.4, -0.2) is 21.3 Å². The average Bonchev–Trinajstić information content (AvgIpc) is 3.35. The first-order chi connectivity index (χ1) is 18.8. The standard InChI is InChI=1S/C24H18ClF3N3O6PS2/c25-23-18-13-22(39-21(18)7-6-20(23)36-11-10-31-8-2-1-3-9-31)40(34,35)30-15-38(32,33)37-17-5-4-16(14-29)19(12-17)24(26,27)28/h1-9,12-13,30H,10-11,15H2. The molecule has 0 spiro atoms. The molecule has 0 aliphatic rings. The number of alkyl halides is 3. The molecule has 0 radical (unpaired) electrons. The topological polar surface area (TPSA) is 132 Å². The van der Waals surface area contributed by atoms with Crippen molar-refractivity contribution in [3.8, 4) is 17.6 Å². The molecule has 210 valence electrons. The van der Waals surface area contributed by atoms with Crippen molar-refractivity contribution in [3.05, 3.63) is 83.1 Å². The normalized spacial score (nSPS) is 13.5. The smallest absolute Gasteiger partial charge is 0.417 e. The van der Waals surface area contributed by atoms with Gasteiger partial charge in [-0.25, -0.2) is 17.7 Å². The van der Waals surface area contributed by atoms with E-state index in [-0.39, 0.29) is 9.23 Å². The van der Waals surface area contributed by atoms with Crippen LogP contribution >= 0.6 is 30.5 Å². The second kappa shape index (κ2) is 11.7. The number of thiophene rings is 1. The van der Waals surface area contributed by atoms with Crippen molar-refractivity contribution in [1.82, 2.24) is 4.72 Å². The second-order valence-corrected chi connectivity index (χ2v) is 13.3. The van der Waals surface area contributed by atoms with Gasteiger partial charge in [-0.15, -0.1) is 11.3 Å². The monoisotopic (exact) mass is 631 g/mol. The van der Waals surface area contributed by atoms with Crippen LogP contribution in [0.3, 0.4) is 0 Å². The van der Waals surface area contributed by atoms with E-state index in [1.165, 1.54) is 12.1 Å². The van der Waals surface area contributed by atoms with Gasteiger partial charge in [0.25, 0.3) is 10.0 Å². The number of fused-ring (bicyclic) bond motifs is 1. The summed E-state index contributed by atoms with van der Waals surface area (Å²) in [5, 5.41) is 9.40. The molecule has 0 saturated heterocycles. The first kappa shape index (κ1) is 29.8. The lowest BCUT2D eigenvalue weighted by Gasteiger charge is -2.24. The van der Waals surface area contributed by atoms with E-state index in [9.17, 15) is 31.0 Å². The van der Waals surface area contributed by atoms with E-state index in [4.69, 9.17) is 21.6 Å². The van der Waals surface area contributed by atoms with Crippen LogP contribution in [0.5, 0.6) is 11.5 Å². The lowest BCUT2D eigenvalue weighted by molar-refractivity contribution is -0.697. The third kappa shape index (κ3) is 7.11. The first-order valence-corrected chi connectivity index (χ1v) is 15.6. The van der Waals surface area contributed by atoms with Crippen molar-refractivity contribution < 1.29 is 44.9 Å². The fourth-order valence-corrected chi connectivity index (χ4v) is 7.71. The quantitative estimate of drug-likeness (QED) is 0.199. The molecular weight excluding hydrogens is 614 g/mol. The lowest BCUT2D eigenvalue weighted by atomic mass is 10.1. The van der Waals surface area contributed by atoms with Crippen LogP contribution in [0.25, 0.3) is 10.1 Å². The lowest BCUT2D eigenvalue weighted by Crippen LogP contribution is -2.35. The predicted octanol–water partition coefficient (Wildman–Crippen LogP) is 4.68. The highest BCUT2D eigenvalue weighted by atomic mass is 35.5. The van der Waals surface area contributed by atoms with Crippen molar-refractivity contribution in [2.75, 3.05) is 12.9 Å². The molecule has 0 aliphatic carbocycles. The first-order valence-electron chi connectivity index (χ1n) is 11.2. The maximum atomic E-state index is 13.2. The highest BCUT2D eigenvalue weighted by molar-refractivity contribution is 7.92. The van der Waals surface area contributed by atoms with Gasteiger partial charge in [-0.05, 0) is 36.4 Å². The van der Waals surface area contributed by atoms with E-state index < -0.39 is 47.0 Å². The van der Waals surface area contributed by atoms with Gasteiger partial charge in [0.1, 0.15) is 22.3 Å². The molecule has 0 aliphatic heterocycles. The zero-order chi connectivity index (χ0) is 29.1. The van der Waals surface area contributed by atoms with E-state index >= 15 is 0 Å². The minimum absolute atomic E-state index is 0.173. The van der Waals surface area contributed by atoms with E-state index in [0.717, 1.165) is 23.5 Å². The highest BCUT2D eigenvalue weighted by Gasteiger charge is 2.34. The molecule has 9 nitrogen and oxygen atoms in total. The number of nitrogens with one attached hydrogen (secondary N) is 1. The summed E-state index contributed by atoms with van der Waals surface area (Å²) in [6, 6.07) is 13.4. The van der Waals surface area contributed by atoms with Crippen LogP contribution in [0.15, 0.2) is 71.2 Å². The average molecular weight is 632 g/mol. The van der Waals surface area contributed by atoms with Crippen molar-refractivity contribution >= 4 is 50.6 Å². The van der Waals surface area contributed by atoms with E-state index in [1.54, 1.807) is 12.1 Å². The molecule has 0 amide bonds. The van der Waals surface area contributed by atoms with Crippen LogP contribution in [0.2, 0.25) is 5.02 Å². The van der Waals surface area contributed by atoms with Crippen molar-refractivity contribution in [2.24, 2.45) is 0 Å². The third-order valence-electron chi connectivity index (χ3n) is 5.34. The number of nitriles is 1. The molecule has 0 fully saturated rings. The maximum absolute atomic E-state index is 13.2. The minimum Gasteiger partial charge on any atom is -0.768 e. The molecule has 40 heavy (non-hydrogen) atoms. The van der Waals surface area contributed by atoms with Crippen LogP contribution in [0.4, 0.5) is 13.2 Å². The number of sulfonamides is 1. The molecule has 1 atom stereocenters. The van der Waals surface area contributed by atoms with Gasteiger partial charge in [0.2, 0.25) is 0 Å². The van der Waals surface area contributed by atoms with Crippen molar-refractivity contribution in [3.63, 3.8) is 0 Å². The molecular formula is C24H18ClF3N3O6PS2. The largest absolute Gasteiger partial charge is 0.768 e. The van der Waals surface area contributed by atoms with Gasteiger partial charge < -0.3 is 14.2 Å². The molecule has 1 N–H and O–H groups in total. The molecule has 2 heterocycles. The van der Waals surface area contributed by atoms with Gasteiger partial charge in [0.05, 0.1) is 28.5 Å². The predicted molar refractivity (Wildman–Crippen MR) is 139 cm³/mol. The Hall–Kier alpha value is -3.18. The number of aromatic nitrogens is 1. The van der Waals surface area contributed by atoms with Gasteiger partial charge in [-0.2, -0.15) is 18.4 Å². The summed E-state index contributed by atoms with van der Waals surface area (Å²) < 4.78 is 91.9. The number of halogens is 4. The SMILES string of the molecule is N#Cc1ccc(OP(=O)([O-])CNS(=O)(=O)c2cc3c(Cl)c(OCC[n+]4ccccc4)ccc3s2)cc1C(F)(F)F. The number of hydrogen-bond donors (Lipinski definition) is 1. The van der Waals surface area contributed by atoms with Gasteiger partial charge in [-0.3, -0.25) is 4.57 Å². The Bertz CT molecular complexity index is 1740. The molecule has 2 aromatic heterocycles. The summed E-state index contributed by atoms with van der Waals surface area (Å²) in [6.07, 6.45) is -2.45. The Morgan fingerprint density at radius 3 is 2.55 bits per heavy atom. The van der Waals surface area contributed by atoms with E-state index in [0.29, 0.717) is 35.1 Å². The van der Waals surface area contributed by atoms with Gasteiger partial charge >= 0.3 is 6.18 Å². The minimum atomic E-state index is -5.05. The maximum Gasteiger partial charge on any atom is 0.417 e. The van der Waals surface area contributed by atoms with Crippen molar-refractivity contribution in [2.45, 2.75) is 16.9 Å². The highest BCUT2D eigenvalue weighted by Crippen LogP contribution is 2.42. The molecule has 16 heteroatoms. The van der Waals surface area contributed by atoms with Crippen LogP contribution < -0.4 is 23.4 Å². The van der Waals surface area contributed by atoms with Crippen LogP contribution in [0, 0.1) is 11.3 Å². The van der Waals surface area contributed by atoms with Crippen LogP contribution in [0.1, 0.15) is 11.1 Å². The summed E-state index contributed by atoms with van der Waals surface area (Å²) in [5.74, 6) is -0.394. The molecule has 2 aromatic carbocycles. The number of pyridine rings is 1. The van der Waals surface area contributed by atoms with Crippen LogP contribution in [-0.2, 0) is 27.3 Å². The molecule has 4 aromatic rings. The fraction of sp³-hybridized carbons (Fsp3) is 0.167. The summed E-state index contributed by atoms with van der Waals surface area (Å²) in [6.45, 7) is 0.832. The Balaban J connectivity index is 1.45. The molecule has 0 saturated carbocycles. The Morgan fingerprint density at radius 2 is 1.88 bits per heavy atom. The summed E-state index contributed by atoms with van der Waals surface area (Å²) in [4.78, 5) is 12.4. The summed E-state index contributed by atoms with van der Waals surface area (Å²) >= 11 is 7.27. The zero-order valence-corrected chi connectivity index (χ0v) is 23.4. The molecule has 1 unspecified atom stereocenters. The zero-order valence-electron chi connectivity index (χ0n) is 20.1. The summed E-state index contributed by atoms with van der Waals surface area (Å²) in [5.41, 5.74) is -2.12. The van der Waals surface area contributed by atoms with Gasteiger partial charge in [0, 0.05) is 22.2 Å². The number of benzene rings is 2. The molecule has 0 bridgehead atoms. The number of hydrogen-bond acceptors (Lipinski definition) is 8. The van der Waals surface area contributed by atoms with E-state index in [2.05, 4.69) is 4.52 Å². The summed E-state index contributed by atoms with van der Waals surface area (Å²) in [7, 11) is -9.43. The van der Waals surface area contributed by atoms with Gasteiger partial charge in [0.15, 0.2) is 26.5 Å². The fourth-order valence-electron chi connectivity index (χ4n) is 3.46. The third-order valence-corrected chi connectivity index (χ3v) is 9.95. The van der Waals surface area contributed by atoms with Gasteiger partial charge in [-0.1, -0.05) is 17.7 Å². The number of rotatable bonds is 10. The Kier molecular flexibility index (Phi) is 8.75. The number of ether oxygens (including phenoxy) is 1.